The van der Waals surface area contributed by atoms with E-state index in [1.54, 1.807) is 7.11 Å². The van der Waals surface area contributed by atoms with Crippen molar-refractivity contribution in [2.75, 3.05) is 7.11 Å². The number of tetrazole rings is 1. The van der Waals surface area contributed by atoms with Gasteiger partial charge in [0.1, 0.15) is 5.75 Å². The number of aromatic amines is 1. The van der Waals surface area contributed by atoms with Gasteiger partial charge in [0, 0.05) is 29.7 Å². The summed E-state index contributed by atoms with van der Waals surface area (Å²) in [5.41, 5.74) is 4.82. The van der Waals surface area contributed by atoms with E-state index in [-0.39, 0.29) is 5.56 Å². The van der Waals surface area contributed by atoms with E-state index >= 15 is 0 Å². The van der Waals surface area contributed by atoms with Crippen molar-refractivity contribution < 1.29 is 4.74 Å². The van der Waals surface area contributed by atoms with Gasteiger partial charge in [-0.15, -0.1) is 5.10 Å². The summed E-state index contributed by atoms with van der Waals surface area (Å²) in [6.45, 7) is 4.15. The molecule has 8 heteroatoms. The van der Waals surface area contributed by atoms with Crippen LogP contribution in [-0.2, 0) is 32.6 Å². The van der Waals surface area contributed by atoms with Gasteiger partial charge in [0.2, 0.25) is 0 Å². The number of hydrogen-bond acceptors (Lipinski definition) is 6. The fourth-order valence-electron chi connectivity index (χ4n) is 4.54. The third kappa shape index (κ3) is 5.76. The second-order valence-electron chi connectivity index (χ2n) is 9.09. The van der Waals surface area contributed by atoms with E-state index in [9.17, 15) is 4.79 Å². The monoisotopic (exact) mass is 494 g/mol. The van der Waals surface area contributed by atoms with Gasteiger partial charge in [-0.3, -0.25) is 9.69 Å². The number of ether oxygens (including phenoxy) is 1. The number of para-hydroxylation sites is 1. The Morgan fingerprint density at radius 3 is 2.49 bits per heavy atom. The summed E-state index contributed by atoms with van der Waals surface area (Å²) in [5, 5.41) is 13.5. The molecule has 2 aromatic heterocycles. The van der Waals surface area contributed by atoms with Crippen molar-refractivity contribution in [2.24, 2.45) is 0 Å². The number of aromatic nitrogens is 5. The minimum atomic E-state index is -0.0920. The van der Waals surface area contributed by atoms with Crippen LogP contribution in [0.2, 0.25) is 0 Å². The van der Waals surface area contributed by atoms with E-state index in [2.05, 4.69) is 56.6 Å². The lowest BCUT2D eigenvalue weighted by Crippen LogP contribution is -2.28. The summed E-state index contributed by atoms with van der Waals surface area (Å²) in [4.78, 5) is 18.3. The van der Waals surface area contributed by atoms with E-state index in [1.807, 2.05) is 59.3 Å². The quantitative estimate of drug-likeness (QED) is 0.311. The lowest BCUT2D eigenvalue weighted by Gasteiger charge is -2.23. The molecule has 0 aliphatic carbocycles. The largest absolute Gasteiger partial charge is 0.496 e. The van der Waals surface area contributed by atoms with Crippen LogP contribution < -0.4 is 10.3 Å². The lowest BCUT2D eigenvalue weighted by molar-refractivity contribution is 0.232. The maximum atomic E-state index is 13.1. The van der Waals surface area contributed by atoms with Crippen LogP contribution in [0.15, 0.2) is 83.7 Å². The second-order valence-corrected chi connectivity index (χ2v) is 9.09. The van der Waals surface area contributed by atoms with E-state index in [0.717, 1.165) is 40.0 Å². The first kappa shape index (κ1) is 24.4. The maximum absolute atomic E-state index is 13.1. The third-order valence-corrected chi connectivity index (χ3v) is 6.52. The summed E-state index contributed by atoms with van der Waals surface area (Å²) in [6, 6.07) is 26.2. The minimum Gasteiger partial charge on any atom is -0.496 e. The number of methoxy groups -OCH3 is 1. The number of pyridine rings is 1. The molecule has 0 bridgehead atoms. The smallest absolute Gasteiger partial charge is 0.252 e. The Balaban J connectivity index is 1.47. The molecule has 3 aromatic carbocycles. The third-order valence-electron chi connectivity index (χ3n) is 6.52. The van der Waals surface area contributed by atoms with Crippen molar-refractivity contribution >= 4 is 10.9 Å². The van der Waals surface area contributed by atoms with Crippen molar-refractivity contribution in [1.29, 1.82) is 0 Å². The SMILES string of the molecule is CCc1ccc2[nH]c(=O)c(CN(Cc3ccccc3OC)Cc3nnnn3Cc3ccccc3)cc2c1. The van der Waals surface area contributed by atoms with Crippen LogP contribution in [0.3, 0.4) is 0 Å². The Bertz CT molecular complexity index is 1540. The molecule has 8 nitrogen and oxygen atoms in total. The number of fused-ring (bicyclic) bond motifs is 1. The number of nitrogens with one attached hydrogen (secondary N) is 1. The Morgan fingerprint density at radius 1 is 0.892 bits per heavy atom. The fraction of sp³-hybridized carbons (Fsp3) is 0.241. The molecule has 0 aliphatic heterocycles. The number of aryl methyl sites for hydroxylation is 1. The van der Waals surface area contributed by atoms with Gasteiger partial charge in [-0.25, -0.2) is 4.68 Å². The Hall–Kier alpha value is -4.30. The molecule has 5 rings (SSSR count). The number of H-pyrrole nitrogens is 1. The molecule has 0 atom stereocenters. The van der Waals surface area contributed by atoms with Crippen molar-refractivity contribution in [2.45, 2.75) is 39.5 Å². The summed E-state index contributed by atoms with van der Waals surface area (Å²) in [7, 11) is 1.67. The van der Waals surface area contributed by atoms with Gasteiger partial charge >= 0.3 is 0 Å². The highest BCUT2D eigenvalue weighted by molar-refractivity contribution is 5.79. The van der Waals surface area contributed by atoms with E-state index in [4.69, 9.17) is 4.74 Å². The molecule has 0 spiro atoms. The Labute approximate surface area is 215 Å². The predicted molar refractivity (Wildman–Crippen MR) is 143 cm³/mol. The molecule has 5 aromatic rings. The van der Waals surface area contributed by atoms with Crippen LogP contribution in [0.5, 0.6) is 5.75 Å². The van der Waals surface area contributed by atoms with Crippen LogP contribution in [0.1, 0.15) is 35.0 Å². The van der Waals surface area contributed by atoms with Crippen LogP contribution in [0.25, 0.3) is 10.9 Å². The van der Waals surface area contributed by atoms with Gasteiger partial charge in [0.25, 0.3) is 5.56 Å². The van der Waals surface area contributed by atoms with E-state index < -0.39 is 0 Å². The second kappa shape index (κ2) is 11.2. The van der Waals surface area contributed by atoms with Gasteiger partial charge in [-0.2, -0.15) is 0 Å². The Kier molecular flexibility index (Phi) is 7.37. The van der Waals surface area contributed by atoms with Crippen molar-refractivity contribution in [1.82, 2.24) is 30.1 Å². The summed E-state index contributed by atoms with van der Waals surface area (Å²) in [5.74, 6) is 1.53. The van der Waals surface area contributed by atoms with Gasteiger partial charge in [-0.05, 0) is 57.6 Å². The fourth-order valence-corrected chi connectivity index (χ4v) is 4.54. The van der Waals surface area contributed by atoms with Crippen LogP contribution in [0, 0.1) is 0 Å². The molecular weight excluding hydrogens is 464 g/mol. The maximum Gasteiger partial charge on any atom is 0.252 e. The molecule has 0 radical (unpaired) electrons. The van der Waals surface area contributed by atoms with Crippen LogP contribution >= 0.6 is 0 Å². The first-order valence-corrected chi connectivity index (χ1v) is 12.4. The molecular formula is C29H30N6O2. The summed E-state index contributed by atoms with van der Waals surface area (Å²) >= 11 is 0. The van der Waals surface area contributed by atoms with Gasteiger partial charge in [-0.1, -0.05) is 61.5 Å². The van der Waals surface area contributed by atoms with Gasteiger partial charge < -0.3 is 9.72 Å². The molecule has 0 aliphatic rings. The first-order chi connectivity index (χ1) is 18.1. The first-order valence-electron chi connectivity index (χ1n) is 12.4. The zero-order valence-electron chi connectivity index (χ0n) is 21.1. The molecule has 0 saturated carbocycles. The molecule has 188 valence electrons. The highest BCUT2D eigenvalue weighted by atomic mass is 16.5. The molecule has 0 unspecified atom stereocenters. The van der Waals surface area contributed by atoms with Crippen molar-refractivity contribution in [3.05, 3.63) is 117 Å². The number of nitrogens with zero attached hydrogens (tertiary/aromatic N) is 5. The molecule has 0 amide bonds. The highest BCUT2D eigenvalue weighted by Gasteiger charge is 2.17. The summed E-state index contributed by atoms with van der Waals surface area (Å²) in [6.07, 6.45) is 0.939. The van der Waals surface area contributed by atoms with Crippen molar-refractivity contribution in [3.63, 3.8) is 0 Å². The molecule has 0 saturated heterocycles. The number of hydrogen-bond donors (Lipinski definition) is 1. The lowest BCUT2D eigenvalue weighted by atomic mass is 10.1. The highest BCUT2D eigenvalue weighted by Crippen LogP contribution is 2.22. The zero-order valence-corrected chi connectivity index (χ0v) is 21.1. The number of rotatable bonds is 10. The predicted octanol–water partition coefficient (Wildman–Crippen LogP) is 4.34. The summed E-state index contributed by atoms with van der Waals surface area (Å²) < 4.78 is 7.41. The van der Waals surface area contributed by atoms with E-state index in [1.165, 1.54) is 5.56 Å². The van der Waals surface area contributed by atoms with E-state index in [0.29, 0.717) is 31.7 Å². The molecule has 37 heavy (non-hydrogen) atoms. The average molecular weight is 495 g/mol. The topological polar surface area (TPSA) is 88.9 Å². The molecule has 2 heterocycles. The zero-order chi connectivity index (χ0) is 25.6. The van der Waals surface area contributed by atoms with Gasteiger partial charge in [0.15, 0.2) is 5.82 Å². The van der Waals surface area contributed by atoms with Crippen LogP contribution in [0.4, 0.5) is 0 Å². The number of benzene rings is 3. The Morgan fingerprint density at radius 2 is 1.68 bits per heavy atom. The molecule has 0 fully saturated rings. The van der Waals surface area contributed by atoms with Gasteiger partial charge in [0.05, 0.1) is 20.2 Å². The standard InChI is InChI=1S/C29H30N6O2/c1-3-21-13-14-26-24(15-21)16-25(29(36)30-26)19-34(18-23-11-7-8-12-27(23)37-2)20-28-31-32-33-35(28)17-22-9-5-4-6-10-22/h4-16H,3,17-20H2,1-2H3,(H,30,36). The average Bonchev–Trinajstić information content (AvgIpc) is 3.35. The van der Waals surface area contributed by atoms with Crippen molar-refractivity contribution in [3.8, 4) is 5.75 Å². The minimum absolute atomic E-state index is 0.0920. The van der Waals surface area contributed by atoms with Crippen LogP contribution in [-0.4, -0.2) is 37.2 Å². The molecule has 1 N–H and O–H groups in total. The normalized spacial score (nSPS) is 11.3.